The van der Waals surface area contributed by atoms with Crippen molar-refractivity contribution in [1.29, 1.82) is 0 Å². The Morgan fingerprint density at radius 1 is 1.00 bits per heavy atom. The van der Waals surface area contributed by atoms with E-state index in [0.29, 0.717) is 5.88 Å². The van der Waals surface area contributed by atoms with Crippen molar-refractivity contribution in [3.8, 4) is 11.6 Å². The minimum atomic E-state index is -0.0224. The Morgan fingerprint density at radius 3 is 2.74 bits per heavy atom. The van der Waals surface area contributed by atoms with E-state index in [1.54, 1.807) is 24.5 Å². The second-order valence-electron chi connectivity index (χ2n) is 4.09. The highest BCUT2D eigenvalue weighted by Gasteiger charge is 2.04. The Bertz CT molecular complexity index is 691. The van der Waals surface area contributed by atoms with E-state index in [0.717, 1.165) is 22.2 Å². The van der Waals surface area contributed by atoms with E-state index in [-0.39, 0.29) is 6.61 Å². The number of aliphatic hydroxyl groups excluding tert-OH is 1. The number of hydrogen-bond acceptors (Lipinski definition) is 4. The van der Waals surface area contributed by atoms with Gasteiger partial charge in [-0.1, -0.05) is 6.07 Å². The molecule has 3 aromatic rings. The maximum absolute atomic E-state index is 8.97. The Kier molecular flexibility index (Phi) is 3.08. The van der Waals surface area contributed by atoms with Crippen LogP contribution in [0.5, 0.6) is 11.6 Å². The maximum atomic E-state index is 8.97. The second-order valence-corrected chi connectivity index (χ2v) is 4.09. The van der Waals surface area contributed by atoms with Crippen LogP contribution in [0.1, 0.15) is 5.56 Å². The van der Waals surface area contributed by atoms with Gasteiger partial charge in [-0.05, 0) is 35.9 Å². The van der Waals surface area contributed by atoms with E-state index in [2.05, 4.69) is 9.97 Å². The monoisotopic (exact) mass is 252 g/mol. The van der Waals surface area contributed by atoms with Gasteiger partial charge in [0.25, 0.3) is 0 Å². The molecule has 4 heteroatoms. The first-order valence-corrected chi connectivity index (χ1v) is 5.94. The highest BCUT2D eigenvalue weighted by Crippen LogP contribution is 2.27. The molecule has 94 valence electrons. The van der Waals surface area contributed by atoms with E-state index < -0.39 is 0 Å². The van der Waals surface area contributed by atoms with Crippen molar-refractivity contribution in [2.24, 2.45) is 0 Å². The van der Waals surface area contributed by atoms with E-state index in [9.17, 15) is 0 Å². The molecule has 0 spiro atoms. The molecule has 0 radical (unpaired) electrons. The molecule has 0 saturated heterocycles. The largest absolute Gasteiger partial charge is 0.438 e. The second kappa shape index (κ2) is 5.04. The molecule has 3 rings (SSSR count). The smallest absolute Gasteiger partial charge is 0.219 e. The highest BCUT2D eigenvalue weighted by atomic mass is 16.5. The van der Waals surface area contributed by atoms with Gasteiger partial charge in [0.2, 0.25) is 5.88 Å². The molecule has 0 aliphatic carbocycles. The summed E-state index contributed by atoms with van der Waals surface area (Å²) in [4.78, 5) is 8.43. The van der Waals surface area contributed by atoms with Gasteiger partial charge in [0.1, 0.15) is 5.75 Å². The lowest BCUT2D eigenvalue weighted by Gasteiger charge is -2.07. The van der Waals surface area contributed by atoms with Crippen LogP contribution in [0.2, 0.25) is 0 Å². The van der Waals surface area contributed by atoms with Crippen molar-refractivity contribution < 1.29 is 9.84 Å². The number of fused-ring (bicyclic) bond motifs is 1. The van der Waals surface area contributed by atoms with Gasteiger partial charge in [-0.3, -0.25) is 4.98 Å². The van der Waals surface area contributed by atoms with Crippen LogP contribution in [0.15, 0.2) is 54.9 Å². The van der Waals surface area contributed by atoms with Crippen LogP contribution in [0.25, 0.3) is 10.9 Å². The third-order valence-corrected chi connectivity index (χ3v) is 2.80. The van der Waals surface area contributed by atoms with Gasteiger partial charge in [0.15, 0.2) is 0 Å². The molecule has 0 aliphatic rings. The summed E-state index contributed by atoms with van der Waals surface area (Å²) in [6.07, 6.45) is 3.35. The molecule has 1 aromatic carbocycles. The minimum absolute atomic E-state index is 0.0224. The van der Waals surface area contributed by atoms with Crippen LogP contribution in [0.4, 0.5) is 0 Å². The normalized spacial score (nSPS) is 10.6. The van der Waals surface area contributed by atoms with Crippen molar-refractivity contribution in [2.45, 2.75) is 6.61 Å². The van der Waals surface area contributed by atoms with Crippen molar-refractivity contribution in [3.63, 3.8) is 0 Å². The summed E-state index contributed by atoms with van der Waals surface area (Å²) in [7, 11) is 0. The molecular formula is C15H12N2O2. The zero-order valence-corrected chi connectivity index (χ0v) is 10.2. The molecule has 2 aromatic heterocycles. The summed E-state index contributed by atoms with van der Waals surface area (Å²) in [6.45, 7) is -0.0224. The summed E-state index contributed by atoms with van der Waals surface area (Å²) in [5.41, 5.74) is 1.64. The maximum Gasteiger partial charge on any atom is 0.219 e. The number of rotatable bonds is 3. The molecular weight excluding hydrogens is 240 g/mol. The fraction of sp³-hybridized carbons (Fsp3) is 0.0667. The summed E-state index contributed by atoms with van der Waals surface area (Å²) in [6, 6.07) is 13.1. The number of hydrogen-bond donors (Lipinski definition) is 1. The number of aromatic nitrogens is 2. The summed E-state index contributed by atoms with van der Waals surface area (Å²) < 4.78 is 5.76. The van der Waals surface area contributed by atoms with Crippen molar-refractivity contribution >= 4 is 10.9 Å². The molecule has 1 N–H and O–H groups in total. The van der Waals surface area contributed by atoms with Gasteiger partial charge >= 0.3 is 0 Å². The predicted octanol–water partition coefficient (Wildman–Crippen LogP) is 2.91. The highest BCUT2D eigenvalue weighted by molar-refractivity contribution is 5.85. The molecule has 2 heterocycles. The molecule has 0 amide bonds. The number of pyridine rings is 2. The zero-order valence-electron chi connectivity index (χ0n) is 10.2. The third kappa shape index (κ3) is 2.39. The van der Waals surface area contributed by atoms with Crippen LogP contribution in [0.3, 0.4) is 0 Å². The SMILES string of the molecule is OCc1ccc(Oc2cccc3ncccc23)nc1. The van der Waals surface area contributed by atoms with Crippen molar-refractivity contribution in [2.75, 3.05) is 0 Å². The Balaban J connectivity index is 1.96. The minimum Gasteiger partial charge on any atom is -0.438 e. The lowest BCUT2D eigenvalue weighted by atomic mass is 10.2. The average Bonchev–Trinajstić information content (AvgIpc) is 2.48. The number of ether oxygens (including phenoxy) is 1. The van der Waals surface area contributed by atoms with Gasteiger partial charge in [0, 0.05) is 23.8 Å². The van der Waals surface area contributed by atoms with Gasteiger partial charge in [-0.2, -0.15) is 0 Å². The molecule has 0 saturated carbocycles. The van der Waals surface area contributed by atoms with Gasteiger partial charge in [-0.15, -0.1) is 0 Å². The summed E-state index contributed by atoms with van der Waals surface area (Å²) >= 11 is 0. The molecule has 4 nitrogen and oxygen atoms in total. The van der Waals surface area contributed by atoms with Crippen LogP contribution >= 0.6 is 0 Å². The summed E-state index contributed by atoms with van der Waals surface area (Å²) in [5, 5.41) is 9.91. The van der Waals surface area contributed by atoms with Crippen LogP contribution < -0.4 is 4.74 Å². The molecule has 19 heavy (non-hydrogen) atoms. The zero-order chi connectivity index (χ0) is 13.1. The molecule has 0 fully saturated rings. The first kappa shape index (κ1) is 11.6. The standard InChI is InChI=1S/C15H12N2O2/c18-10-11-6-7-15(17-9-11)19-14-5-1-4-13-12(14)3-2-8-16-13/h1-9,18H,10H2. The lowest BCUT2D eigenvalue weighted by molar-refractivity contribution is 0.281. The fourth-order valence-corrected chi connectivity index (χ4v) is 1.84. The molecule has 0 aliphatic heterocycles. The molecule has 0 unspecified atom stereocenters. The Labute approximate surface area is 110 Å². The van der Waals surface area contributed by atoms with Crippen molar-refractivity contribution in [3.05, 3.63) is 60.4 Å². The van der Waals surface area contributed by atoms with E-state index >= 15 is 0 Å². The number of benzene rings is 1. The van der Waals surface area contributed by atoms with E-state index in [1.165, 1.54) is 0 Å². The van der Waals surface area contributed by atoms with Crippen LogP contribution in [-0.4, -0.2) is 15.1 Å². The predicted molar refractivity (Wildman–Crippen MR) is 72.0 cm³/mol. The van der Waals surface area contributed by atoms with Gasteiger partial charge in [0.05, 0.1) is 12.1 Å². The van der Waals surface area contributed by atoms with Crippen LogP contribution in [-0.2, 0) is 6.61 Å². The molecule has 0 atom stereocenters. The van der Waals surface area contributed by atoms with E-state index in [1.807, 2.05) is 30.3 Å². The first-order valence-electron chi connectivity index (χ1n) is 5.94. The third-order valence-electron chi connectivity index (χ3n) is 2.80. The Morgan fingerprint density at radius 2 is 1.95 bits per heavy atom. The van der Waals surface area contributed by atoms with Crippen molar-refractivity contribution in [1.82, 2.24) is 9.97 Å². The fourth-order valence-electron chi connectivity index (χ4n) is 1.84. The topological polar surface area (TPSA) is 55.2 Å². The first-order chi connectivity index (χ1) is 9.36. The summed E-state index contributed by atoms with van der Waals surface area (Å²) in [5.74, 6) is 1.21. The number of nitrogens with zero attached hydrogens (tertiary/aromatic N) is 2. The quantitative estimate of drug-likeness (QED) is 0.778. The lowest BCUT2D eigenvalue weighted by Crippen LogP contribution is -1.91. The molecule has 0 bridgehead atoms. The Hall–Kier alpha value is -2.46. The number of aliphatic hydroxyl groups is 1. The van der Waals surface area contributed by atoms with E-state index in [4.69, 9.17) is 9.84 Å². The van der Waals surface area contributed by atoms with Gasteiger partial charge < -0.3 is 9.84 Å². The average molecular weight is 252 g/mol. The van der Waals surface area contributed by atoms with Gasteiger partial charge in [-0.25, -0.2) is 4.98 Å². The van der Waals surface area contributed by atoms with Crippen LogP contribution in [0, 0.1) is 0 Å².